The maximum absolute atomic E-state index is 12.4. The minimum Gasteiger partial charge on any atom is -0.488 e. The van der Waals surface area contributed by atoms with E-state index in [-0.39, 0.29) is 12.0 Å². The van der Waals surface area contributed by atoms with Crippen LogP contribution in [0.15, 0.2) is 24.3 Å². The van der Waals surface area contributed by atoms with Crippen molar-refractivity contribution in [3.05, 3.63) is 46.8 Å². The van der Waals surface area contributed by atoms with Gasteiger partial charge in [0, 0.05) is 30.8 Å². The van der Waals surface area contributed by atoms with Crippen LogP contribution in [0.25, 0.3) is 0 Å². The molecule has 2 aromatic rings. The molecule has 0 saturated heterocycles. The summed E-state index contributed by atoms with van der Waals surface area (Å²) in [4.78, 5) is 12.4. The first-order valence-corrected chi connectivity index (χ1v) is 8.46. The summed E-state index contributed by atoms with van der Waals surface area (Å²) in [7, 11) is 0. The third-order valence-electron chi connectivity index (χ3n) is 4.35. The molecule has 6 nitrogen and oxygen atoms in total. The second-order valence-corrected chi connectivity index (χ2v) is 6.08. The Kier molecular flexibility index (Phi) is 5.15. The zero-order valence-electron chi connectivity index (χ0n) is 14.2. The number of amides is 1. The van der Waals surface area contributed by atoms with Gasteiger partial charge in [0.15, 0.2) is 5.69 Å². The smallest absolute Gasteiger partial charge is 0.272 e. The molecule has 3 rings (SSSR count). The lowest BCUT2D eigenvalue weighted by Crippen LogP contribution is -2.36. The van der Waals surface area contributed by atoms with Gasteiger partial charge < -0.3 is 15.4 Å². The van der Waals surface area contributed by atoms with Crippen LogP contribution in [0.2, 0.25) is 0 Å². The van der Waals surface area contributed by atoms with E-state index in [1.165, 1.54) is 0 Å². The molecule has 1 aliphatic heterocycles. The van der Waals surface area contributed by atoms with E-state index in [0.717, 1.165) is 42.0 Å². The normalized spacial score (nSPS) is 14.8. The van der Waals surface area contributed by atoms with Crippen LogP contribution in [0.5, 0.6) is 5.75 Å². The third-order valence-corrected chi connectivity index (χ3v) is 4.35. The number of aromatic amines is 1. The molecule has 1 aliphatic rings. The second kappa shape index (κ2) is 7.49. The fourth-order valence-corrected chi connectivity index (χ4v) is 2.84. The highest BCUT2D eigenvalue weighted by Crippen LogP contribution is 2.19. The topological polar surface area (TPSA) is 79.0 Å². The van der Waals surface area contributed by atoms with Gasteiger partial charge in [-0.2, -0.15) is 5.10 Å². The molecule has 6 heteroatoms. The number of rotatable bonds is 6. The molecule has 128 valence electrons. The maximum atomic E-state index is 12.4. The number of hydrogen-bond acceptors (Lipinski definition) is 4. The van der Waals surface area contributed by atoms with Crippen LogP contribution in [0.4, 0.5) is 0 Å². The first-order valence-electron chi connectivity index (χ1n) is 8.46. The van der Waals surface area contributed by atoms with Crippen LogP contribution in [0.3, 0.4) is 0 Å². The Hall–Kier alpha value is -2.34. The van der Waals surface area contributed by atoms with Gasteiger partial charge in [-0.05, 0) is 25.0 Å². The number of H-pyrrole nitrogens is 1. The second-order valence-electron chi connectivity index (χ2n) is 6.08. The van der Waals surface area contributed by atoms with Crippen LogP contribution in [-0.2, 0) is 13.0 Å². The van der Waals surface area contributed by atoms with Gasteiger partial charge in [-0.1, -0.05) is 25.1 Å². The number of carbonyl (C=O) groups is 1. The first kappa shape index (κ1) is 16.5. The Morgan fingerprint density at radius 1 is 1.42 bits per heavy atom. The lowest BCUT2D eigenvalue weighted by atomic mass is 10.1. The van der Waals surface area contributed by atoms with Gasteiger partial charge in [-0.3, -0.25) is 9.89 Å². The zero-order valence-corrected chi connectivity index (χ0v) is 14.2. The van der Waals surface area contributed by atoms with E-state index in [1.807, 2.05) is 31.2 Å². The number of ether oxygens (including phenoxy) is 1. The number of benzene rings is 1. The number of para-hydroxylation sites is 1. The minimum absolute atomic E-state index is 0.0667. The average Bonchev–Trinajstić information content (AvgIpc) is 3.04. The Morgan fingerprint density at radius 3 is 3.04 bits per heavy atom. The van der Waals surface area contributed by atoms with Gasteiger partial charge in [-0.25, -0.2) is 0 Å². The fraction of sp³-hybridized carbons (Fsp3) is 0.444. The summed E-state index contributed by atoms with van der Waals surface area (Å²) in [5, 5.41) is 13.4. The quantitative estimate of drug-likeness (QED) is 0.757. The lowest BCUT2D eigenvalue weighted by Gasteiger charge is -2.19. The van der Waals surface area contributed by atoms with Crippen LogP contribution < -0.4 is 15.4 Å². The largest absolute Gasteiger partial charge is 0.488 e. The Balaban J connectivity index is 1.60. The standard InChI is InChI=1S/C18H24N4O2/c1-3-13(24-16-7-5-4-6-12(16)2)10-20-18(23)17-14-11-19-9-8-15(14)21-22-17/h4-7,13,19H,3,8-11H2,1-2H3,(H,20,23)(H,21,22). The number of hydrogen-bond donors (Lipinski definition) is 3. The van der Waals surface area contributed by atoms with Crippen molar-refractivity contribution >= 4 is 5.91 Å². The molecule has 0 spiro atoms. The van der Waals surface area contributed by atoms with E-state index in [4.69, 9.17) is 4.74 Å². The SMILES string of the molecule is CCC(CNC(=O)c1n[nH]c2c1CNCC2)Oc1ccccc1C. The van der Waals surface area contributed by atoms with E-state index >= 15 is 0 Å². The molecule has 1 unspecified atom stereocenters. The predicted molar refractivity (Wildman–Crippen MR) is 92.2 cm³/mol. The average molecular weight is 328 g/mol. The summed E-state index contributed by atoms with van der Waals surface area (Å²) in [5.41, 5.74) is 3.62. The summed E-state index contributed by atoms with van der Waals surface area (Å²) in [6.45, 7) is 6.13. The summed E-state index contributed by atoms with van der Waals surface area (Å²) in [6.07, 6.45) is 1.63. The van der Waals surface area contributed by atoms with Crippen molar-refractivity contribution in [2.75, 3.05) is 13.1 Å². The summed E-state index contributed by atoms with van der Waals surface area (Å²) < 4.78 is 6.02. The highest BCUT2D eigenvalue weighted by Gasteiger charge is 2.22. The summed E-state index contributed by atoms with van der Waals surface area (Å²) >= 11 is 0. The van der Waals surface area contributed by atoms with Crippen LogP contribution >= 0.6 is 0 Å². The van der Waals surface area contributed by atoms with E-state index < -0.39 is 0 Å². The van der Waals surface area contributed by atoms with Crippen molar-refractivity contribution in [2.24, 2.45) is 0 Å². The Labute approximate surface area is 142 Å². The molecule has 1 aromatic carbocycles. The molecule has 0 fully saturated rings. The molecule has 1 atom stereocenters. The highest BCUT2D eigenvalue weighted by atomic mass is 16.5. The van der Waals surface area contributed by atoms with Gasteiger partial charge in [-0.15, -0.1) is 0 Å². The molecule has 3 N–H and O–H groups in total. The molecule has 0 bridgehead atoms. The molecule has 1 amide bonds. The third kappa shape index (κ3) is 3.59. The molecule has 0 aliphatic carbocycles. The van der Waals surface area contributed by atoms with Crippen LogP contribution in [0, 0.1) is 6.92 Å². The molecule has 1 aromatic heterocycles. The molecular weight excluding hydrogens is 304 g/mol. The summed E-state index contributed by atoms with van der Waals surface area (Å²) in [6, 6.07) is 7.91. The number of carbonyl (C=O) groups excluding carboxylic acids is 1. The van der Waals surface area contributed by atoms with Crippen molar-refractivity contribution in [3.8, 4) is 5.75 Å². The first-order chi connectivity index (χ1) is 11.7. The Morgan fingerprint density at radius 2 is 2.25 bits per heavy atom. The molecular formula is C18H24N4O2. The number of nitrogens with one attached hydrogen (secondary N) is 3. The van der Waals surface area contributed by atoms with Crippen LogP contribution in [0.1, 0.15) is 40.7 Å². The lowest BCUT2D eigenvalue weighted by molar-refractivity contribution is 0.0919. The fourth-order valence-electron chi connectivity index (χ4n) is 2.84. The van der Waals surface area contributed by atoms with Crippen molar-refractivity contribution in [3.63, 3.8) is 0 Å². The molecule has 0 radical (unpaired) electrons. The van der Waals surface area contributed by atoms with E-state index in [2.05, 4.69) is 27.8 Å². The predicted octanol–water partition coefficient (Wildman–Crippen LogP) is 1.95. The van der Waals surface area contributed by atoms with Crippen molar-refractivity contribution in [1.29, 1.82) is 0 Å². The molecule has 0 saturated carbocycles. The van der Waals surface area contributed by atoms with E-state index in [1.54, 1.807) is 0 Å². The van der Waals surface area contributed by atoms with Crippen molar-refractivity contribution in [2.45, 2.75) is 39.3 Å². The monoisotopic (exact) mass is 328 g/mol. The van der Waals surface area contributed by atoms with Gasteiger partial charge in [0.2, 0.25) is 0 Å². The van der Waals surface area contributed by atoms with E-state index in [0.29, 0.717) is 18.8 Å². The zero-order chi connectivity index (χ0) is 16.9. The van der Waals surface area contributed by atoms with Gasteiger partial charge >= 0.3 is 0 Å². The summed E-state index contributed by atoms with van der Waals surface area (Å²) in [5.74, 6) is 0.711. The van der Waals surface area contributed by atoms with Crippen molar-refractivity contribution < 1.29 is 9.53 Å². The van der Waals surface area contributed by atoms with Crippen molar-refractivity contribution in [1.82, 2.24) is 20.8 Å². The highest BCUT2D eigenvalue weighted by molar-refractivity contribution is 5.94. The number of aromatic nitrogens is 2. The van der Waals surface area contributed by atoms with Gasteiger partial charge in [0.05, 0.1) is 6.54 Å². The molecule has 2 heterocycles. The Bertz CT molecular complexity index is 711. The number of aryl methyl sites for hydroxylation is 1. The molecule has 24 heavy (non-hydrogen) atoms. The number of fused-ring (bicyclic) bond motifs is 1. The van der Waals surface area contributed by atoms with Gasteiger partial charge in [0.25, 0.3) is 5.91 Å². The van der Waals surface area contributed by atoms with Crippen LogP contribution in [-0.4, -0.2) is 35.3 Å². The maximum Gasteiger partial charge on any atom is 0.272 e. The van der Waals surface area contributed by atoms with E-state index in [9.17, 15) is 4.79 Å². The number of nitrogens with zero attached hydrogens (tertiary/aromatic N) is 1. The minimum atomic E-state index is -0.150. The van der Waals surface area contributed by atoms with Gasteiger partial charge in [0.1, 0.15) is 11.9 Å².